The summed E-state index contributed by atoms with van der Waals surface area (Å²) in [5, 5.41) is 0. The van der Waals surface area contributed by atoms with Gasteiger partial charge in [0.1, 0.15) is 6.33 Å². The van der Waals surface area contributed by atoms with Gasteiger partial charge in [0.2, 0.25) is 0 Å². The Balaban J connectivity index is 1.40. The first kappa shape index (κ1) is 28.4. The molecule has 2 fully saturated rings. The summed E-state index contributed by atoms with van der Waals surface area (Å²) < 4.78 is 44.7. The number of halogens is 3. The molecule has 0 aliphatic carbocycles. The van der Waals surface area contributed by atoms with Gasteiger partial charge in [0.15, 0.2) is 0 Å². The topological polar surface area (TPSA) is 61.8 Å². The van der Waals surface area contributed by atoms with Crippen LogP contribution in [-0.4, -0.2) is 88.6 Å². The number of aryl methyl sites for hydroxylation is 2. The molecule has 0 N–H and O–H groups in total. The number of hydrogen-bond acceptors (Lipinski definition) is 6. The molecule has 0 bridgehead atoms. The third-order valence-electron chi connectivity index (χ3n) is 8.36. The Hall–Kier alpha value is -2.56. The van der Waals surface area contributed by atoms with Crippen molar-refractivity contribution >= 4 is 5.91 Å². The first-order valence-corrected chi connectivity index (χ1v) is 13.2. The summed E-state index contributed by atoms with van der Waals surface area (Å²) in [6.07, 6.45) is -1.12. The number of nitrogens with zero attached hydrogens (tertiary/aromatic N) is 5. The largest absolute Gasteiger partial charge is 0.416 e. The molecule has 1 aromatic carbocycles. The molecule has 2 atom stereocenters. The van der Waals surface area contributed by atoms with Crippen LogP contribution < -0.4 is 0 Å². The maximum absolute atomic E-state index is 13.2. The van der Waals surface area contributed by atoms with Crippen LogP contribution in [0.1, 0.15) is 65.6 Å². The van der Waals surface area contributed by atoms with Gasteiger partial charge in [0, 0.05) is 51.4 Å². The van der Waals surface area contributed by atoms with Gasteiger partial charge in [-0.15, -0.1) is 0 Å². The molecule has 0 saturated carbocycles. The molecule has 0 spiro atoms. The van der Waals surface area contributed by atoms with Crippen LogP contribution >= 0.6 is 0 Å². The number of ether oxygens (including phenoxy) is 1. The van der Waals surface area contributed by atoms with Gasteiger partial charge in [0.05, 0.1) is 35.2 Å². The molecule has 1 aromatic heterocycles. The average molecular weight is 534 g/mol. The maximum Gasteiger partial charge on any atom is 0.416 e. The van der Waals surface area contributed by atoms with Gasteiger partial charge >= 0.3 is 6.18 Å². The minimum Gasteiger partial charge on any atom is -0.383 e. The summed E-state index contributed by atoms with van der Waals surface area (Å²) in [7, 11) is 1.62. The van der Waals surface area contributed by atoms with Crippen LogP contribution in [0.15, 0.2) is 30.6 Å². The molecular weight excluding hydrogens is 495 g/mol. The molecule has 2 aliphatic rings. The second-order valence-electron chi connectivity index (χ2n) is 10.8. The highest BCUT2D eigenvalue weighted by Gasteiger charge is 2.41. The second-order valence-corrected chi connectivity index (χ2v) is 10.8. The second kappa shape index (κ2) is 11.3. The highest BCUT2D eigenvalue weighted by atomic mass is 19.4. The summed E-state index contributed by atoms with van der Waals surface area (Å²) >= 11 is 0. The zero-order valence-electron chi connectivity index (χ0n) is 22.9. The fraction of sp³-hybridized carbons (Fsp3) is 0.607. The summed E-state index contributed by atoms with van der Waals surface area (Å²) in [5.74, 6) is -0.000198. The van der Waals surface area contributed by atoms with Gasteiger partial charge in [-0.1, -0.05) is 12.1 Å². The minimum atomic E-state index is -4.35. The van der Waals surface area contributed by atoms with E-state index in [0.717, 1.165) is 50.2 Å². The average Bonchev–Trinajstić information content (AvgIpc) is 2.87. The van der Waals surface area contributed by atoms with Crippen molar-refractivity contribution in [2.45, 2.75) is 64.3 Å². The Morgan fingerprint density at radius 3 is 2.21 bits per heavy atom. The number of amides is 1. The van der Waals surface area contributed by atoms with Crippen molar-refractivity contribution in [2.75, 3.05) is 46.4 Å². The van der Waals surface area contributed by atoms with Crippen molar-refractivity contribution in [1.29, 1.82) is 0 Å². The molecule has 208 valence electrons. The summed E-state index contributed by atoms with van der Waals surface area (Å²) in [4.78, 5) is 28.4. The lowest BCUT2D eigenvalue weighted by molar-refractivity contribution is -0.137. The van der Waals surface area contributed by atoms with E-state index in [1.165, 1.54) is 6.33 Å². The van der Waals surface area contributed by atoms with E-state index in [-0.39, 0.29) is 23.5 Å². The fourth-order valence-corrected chi connectivity index (χ4v) is 5.93. The molecule has 2 saturated heterocycles. The Kier molecular flexibility index (Phi) is 8.44. The van der Waals surface area contributed by atoms with Crippen LogP contribution in [0.4, 0.5) is 13.2 Å². The van der Waals surface area contributed by atoms with Crippen LogP contribution in [0.3, 0.4) is 0 Å². The number of hydrogen-bond donors (Lipinski definition) is 0. The highest BCUT2D eigenvalue weighted by Crippen LogP contribution is 2.35. The van der Waals surface area contributed by atoms with E-state index in [4.69, 9.17) is 4.74 Å². The molecule has 1 amide bonds. The van der Waals surface area contributed by atoms with Crippen molar-refractivity contribution in [1.82, 2.24) is 24.7 Å². The number of carbonyl (C=O) groups is 1. The number of aromatic nitrogens is 2. The monoisotopic (exact) mass is 533 g/mol. The smallest absolute Gasteiger partial charge is 0.383 e. The molecular formula is C28H38F3N5O2. The molecule has 38 heavy (non-hydrogen) atoms. The van der Waals surface area contributed by atoms with Crippen molar-refractivity contribution in [3.63, 3.8) is 0 Å². The van der Waals surface area contributed by atoms with E-state index in [1.807, 2.05) is 18.7 Å². The Morgan fingerprint density at radius 1 is 1.08 bits per heavy atom. The highest BCUT2D eigenvalue weighted by molar-refractivity contribution is 5.96. The van der Waals surface area contributed by atoms with Gasteiger partial charge in [-0.3, -0.25) is 14.6 Å². The van der Waals surface area contributed by atoms with Crippen LogP contribution in [0.2, 0.25) is 0 Å². The first-order chi connectivity index (χ1) is 17.9. The van der Waals surface area contributed by atoms with Crippen LogP contribution in [0.5, 0.6) is 0 Å². The van der Waals surface area contributed by atoms with E-state index in [9.17, 15) is 18.0 Å². The maximum atomic E-state index is 13.2. The Labute approximate surface area is 223 Å². The number of carbonyl (C=O) groups excluding carboxylic acids is 1. The van der Waals surface area contributed by atoms with Crippen LogP contribution in [-0.2, 0) is 10.9 Å². The van der Waals surface area contributed by atoms with Crippen molar-refractivity contribution in [3.05, 3.63) is 58.7 Å². The zero-order valence-corrected chi connectivity index (χ0v) is 22.9. The summed E-state index contributed by atoms with van der Waals surface area (Å²) in [6.45, 7) is 12.4. The SMILES string of the molecule is COC[C@H](c1ccc(C(F)(F)F)cc1)N1CCN(C2(C)CCN(C(=O)c3c(C)ncnc3C)CC2)C[C@H]1C. The lowest BCUT2D eigenvalue weighted by atomic mass is 9.86. The van der Waals surface area contributed by atoms with Crippen molar-refractivity contribution in [2.24, 2.45) is 0 Å². The lowest BCUT2D eigenvalue weighted by Gasteiger charge is -2.52. The van der Waals surface area contributed by atoms with E-state index in [1.54, 1.807) is 19.2 Å². The summed E-state index contributed by atoms with van der Waals surface area (Å²) in [5.41, 5.74) is 2.18. The molecule has 10 heteroatoms. The fourth-order valence-electron chi connectivity index (χ4n) is 5.93. The third kappa shape index (κ3) is 5.87. The predicted octanol–water partition coefficient (Wildman–Crippen LogP) is 4.50. The number of methoxy groups -OCH3 is 1. The summed E-state index contributed by atoms with van der Waals surface area (Å²) in [6, 6.07) is 5.52. The van der Waals surface area contributed by atoms with Gasteiger partial charge < -0.3 is 9.64 Å². The van der Waals surface area contributed by atoms with Crippen molar-refractivity contribution in [3.8, 4) is 0 Å². The molecule has 2 aromatic rings. The van der Waals surface area contributed by atoms with E-state index < -0.39 is 11.7 Å². The van der Waals surface area contributed by atoms with Gasteiger partial charge in [-0.05, 0) is 58.2 Å². The molecule has 0 unspecified atom stereocenters. The third-order valence-corrected chi connectivity index (χ3v) is 8.36. The van der Waals surface area contributed by atoms with Gasteiger partial charge in [0.25, 0.3) is 5.91 Å². The van der Waals surface area contributed by atoms with E-state index in [2.05, 4.69) is 33.6 Å². The predicted molar refractivity (Wildman–Crippen MR) is 139 cm³/mol. The minimum absolute atomic E-state index is 0.000198. The van der Waals surface area contributed by atoms with Gasteiger partial charge in [-0.25, -0.2) is 9.97 Å². The zero-order chi connectivity index (χ0) is 27.7. The van der Waals surface area contributed by atoms with Crippen molar-refractivity contribution < 1.29 is 22.7 Å². The lowest BCUT2D eigenvalue weighted by Crippen LogP contribution is -2.62. The Morgan fingerprint density at radius 2 is 1.68 bits per heavy atom. The van der Waals surface area contributed by atoms with E-state index in [0.29, 0.717) is 36.6 Å². The number of likely N-dealkylation sites (tertiary alicyclic amines) is 1. The standard InChI is InChI=1S/C28H38F3N5O2/c1-19-16-35(14-15-36(19)24(17-38-5)22-6-8-23(9-7-22)28(29,30)31)27(4)10-12-34(13-11-27)26(37)25-20(2)32-18-33-21(25)3/h6-9,18-19,24H,10-17H2,1-5H3/t19-,24-/m1/s1. The molecule has 0 radical (unpaired) electrons. The van der Waals surface area contributed by atoms with Gasteiger partial charge in [-0.2, -0.15) is 13.2 Å². The molecule has 4 rings (SSSR count). The molecule has 7 nitrogen and oxygen atoms in total. The van der Waals surface area contributed by atoms with E-state index >= 15 is 0 Å². The quantitative estimate of drug-likeness (QED) is 0.545. The number of piperazine rings is 1. The molecule has 3 heterocycles. The number of benzene rings is 1. The van der Waals surface area contributed by atoms with Crippen LogP contribution in [0.25, 0.3) is 0 Å². The first-order valence-electron chi connectivity index (χ1n) is 13.2. The number of piperidine rings is 1. The normalized spacial score (nSPS) is 21.9. The number of alkyl halides is 3. The number of rotatable bonds is 6. The van der Waals surface area contributed by atoms with Crippen LogP contribution in [0, 0.1) is 13.8 Å². The Bertz CT molecular complexity index is 1100. The molecule has 2 aliphatic heterocycles.